The van der Waals surface area contributed by atoms with Crippen molar-refractivity contribution in [2.24, 2.45) is 0 Å². The van der Waals surface area contributed by atoms with E-state index in [-0.39, 0.29) is 5.75 Å². The molecule has 0 aromatic carbocycles. The van der Waals surface area contributed by atoms with Gasteiger partial charge < -0.3 is 4.74 Å². The molecular formula is C6H5FINO. The van der Waals surface area contributed by atoms with Gasteiger partial charge in [-0.2, -0.15) is 4.39 Å². The van der Waals surface area contributed by atoms with Gasteiger partial charge in [-0.25, -0.2) is 4.98 Å². The van der Waals surface area contributed by atoms with E-state index in [4.69, 9.17) is 4.11 Å². The van der Waals surface area contributed by atoms with E-state index in [0.717, 1.165) is 0 Å². The molecule has 0 aliphatic rings. The van der Waals surface area contributed by atoms with Crippen LogP contribution in [0.3, 0.4) is 0 Å². The molecule has 4 heteroatoms. The summed E-state index contributed by atoms with van der Waals surface area (Å²) in [7, 11) is -2.64. The van der Waals surface area contributed by atoms with Gasteiger partial charge in [-0.05, 0) is 34.7 Å². The predicted octanol–water partition coefficient (Wildman–Crippen LogP) is 1.83. The molecule has 0 aliphatic carbocycles. The first-order valence-corrected chi connectivity index (χ1v) is 3.47. The smallest absolute Gasteiger partial charge is 0.256 e. The van der Waals surface area contributed by atoms with E-state index < -0.39 is 13.0 Å². The molecule has 0 unspecified atom stereocenters. The number of aromatic nitrogens is 1. The average molecular weight is 256 g/mol. The van der Waals surface area contributed by atoms with Gasteiger partial charge in [-0.15, -0.1) is 0 Å². The second-order valence-electron chi connectivity index (χ2n) is 1.52. The number of hydrogen-bond acceptors (Lipinski definition) is 2. The fraction of sp³-hybridized carbons (Fsp3) is 0.167. The highest BCUT2D eigenvalue weighted by molar-refractivity contribution is 14.1. The predicted molar refractivity (Wildman–Crippen MR) is 43.5 cm³/mol. The first-order valence-electron chi connectivity index (χ1n) is 3.89. The van der Waals surface area contributed by atoms with E-state index in [1.165, 1.54) is 12.1 Å². The molecule has 0 amide bonds. The maximum atomic E-state index is 12.9. The lowest BCUT2D eigenvalue weighted by atomic mass is 10.4. The molecule has 0 spiro atoms. The molecule has 0 saturated carbocycles. The van der Waals surface area contributed by atoms with Crippen molar-refractivity contribution in [1.82, 2.24) is 4.98 Å². The third-order valence-electron chi connectivity index (χ3n) is 0.890. The summed E-state index contributed by atoms with van der Waals surface area (Å²) in [6.45, 7) is 0. The van der Waals surface area contributed by atoms with E-state index in [9.17, 15) is 4.39 Å². The van der Waals surface area contributed by atoms with E-state index in [1.807, 2.05) is 22.6 Å². The third kappa shape index (κ3) is 1.56. The minimum atomic E-state index is -2.64. The lowest BCUT2D eigenvalue weighted by Gasteiger charge is -1.98. The molecule has 0 radical (unpaired) electrons. The highest BCUT2D eigenvalue weighted by atomic mass is 127. The van der Waals surface area contributed by atoms with Crippen LogP contribution >= 0.6 is 22.6 Å². The van der Waals surface area contributed by atoms with E-state index >= 15 is 0 Å². The van der Waals surface area contributed by atoms with Gasteiger partial charge in [-0.1, -0.05) is 0 Å². The number of ether oxygens (including phenoxy) is 1. The van der Waals surface area contributed by atoms with Gasteiger partial charge in [-0.3, -0.25) is 0 Å². The van der Waals surface area contributed by atoms with Gasteiger partial charge >= 0.3 is 0 Å². The zero-order valence-corrected chi connectivity index (χ0v) is 6.92. The minimum absolute atomic E-state index is 0.361. The Labute approximate surface area is 75.8 Å². The van der Waals surface area contributed by atoms with Crippen molar-refractivity contribution < 1.29 is 13.2 Å². The molecule has 0 N–H and O–H groups in total. The topological polar surface area (TPSA) is 22.1 Å². The monoisotopic (exact) mass is 256 g/mol. The summed E-state index contributed by atoms with van der Waals surface area (Å²) in [5.74, 6) is -1.27. The lowest BCUT2D eigenvalue weighted by Crippen LogP contribution is -1.92. The second-order valence-corrected chi connectivity index (χ2v) is 2.63. The van der Waals surface area contributed by atoms with Crippen LogP contribution < -0.4 is 4.74 Å². The highest BCUT2D eigenvalue weighted by Crippen LogP contribution is 2.14. The molecule has 0 aliphatic heterocycles. The van der Waals surface area contributed by atoms with Crippen molar-refractivity contribution in [2.45, 2.75) is 0 Å². The summed E-state index contributed by atoms with van der Waals surface area (Å²) in [6.07, 6.45) is 0. The molecule has 0 saturated heterocycles. The maximum absolute atomic E-state index is 12.9. The van der Waals surface area contributed by atoms with Gasteiger partial charge in [0.05, 0.1) is 11.2 Å². The molecule has 1 heterocycles. The minimum Gasteiger partial charge on any atom is -0.492 e. The van der Waals surface area contributed by atoms with Crippen molar-refractivity contribution in [3.05, 3.63) is 21.8 Å². The largest absolute Gasteiger partial charge is 0.492 e. The van der Waals surface area contributed by atoms with Gasteiger partial charge in [0.2, 0.25) is 0 Å². The molecule has 0 atom stereocenters. The summed E-state index contributed by atoms with van der Waals surface area (Å²) < 4.78 is 37.9. The molecule has 2 nitrogen and oxygen atoms in total. The van der Waals surface area contributed by atoms with Crippen LogP contribution in [0.1, 0.15) is 4.11 Å². The highest BCUT2D eigenvalue weighted by Gasteiger charge is 2.01. The number of halogens is 2. The first-order chi connectivity index (χ1) is 5.88. The van der Waals surface area contributed by atoms with Crippen LogP contribution in [-0.4, -0.2) is 12.0 Å². The van der Waals surface area contributed by atoms with Gasteiger partial charge in [0.25, 0.3) is 5.95 Å². The van der Waals surface area contributed by atoms with Crippen LogP contribution in [0.15, 0.2) is 12.1 Å². The van der Waals surface area contributed by atoms with Crippen LogP contribution in [-0.2, 0) is 0 Å². The Balaban J connectivity index is 2.90. The summed E-state index contributed by atoms with van der Waals surface area (Å²) in [5.41, 5.74) is 0. The number of hydrogen-bond donors (Lipinski definition) is 0. The molecular weight excluding hydrogens is 248 g/mol. The van der Waals surface area contributed by atoms with Crippen LogP contribution in [0.4, 0.5) is 4.39 Å². The molecule has 10 heavy (non-hydrogen) atoms. The number of methoxy groups -OCH3 is 1. The van der Waals surface area contributed by atoms with Gasteiger partial charge in [0, 0.05) is 0 Å². The Kier molecular flexibility index (Phi) is 1.40. The Morgan fingerprint density at radius 2 is 2.60 bits per heavy atom. The van der Waals surface area contributed by atoms with Crippen LogP contribution in [0, 0.1) is 9.65 Å². The van der Waals surface area contributed by atoms with E-state index in [2.05, 4.69) is 9.72 Å². The van der Waals surface area contributed by atoms with Gasteiger partial charge in [0.15, 0.2) is 5.75 Å². The van der Waals surface area contributed by atoms with Crippen LogP contribution in [0.2, 0.25) is 0 Å². The zero-order chi connectivity index (χ0) is 10.1. The Morgan fingerprint density at radius 1 is 1.80 bits per heavy atom. The van der Waals surface area contributed by atoms with Crippen molar-refractivity contribution in [2.75, 3.05) is 7.04 Å². The average Bonchev–Trinajstić information content (AvgIpc) is 1.93. The Bertz CT molecular complexity index is 317. The Morgan fingerprint density at radius 3 is 3.20 bits per heavy atom. The van der Waals surface area contributed by atoms with E-state index in [1.54, 1.807) is 0 Å². The molecule has 1 aromatic rings. The molecule has 0 fully saturated rings. The van der Waals surface area contributed by atoms with Gasteiger partial charge in [0.1, 0.15) is 3.70 Å². The van der Waals surface area contributed by atoms with Crippen molar-refractivity contribution in [1.29, 1.82) is 0 Å². The third-order valence-corrected chi connectivity index (χ3v) is 1.49. The van der Waals surface area contributed by atoms with Crippen molar-refractivity contribution in [3.8, 4) is 5.75 Å². The summed E-state index contributed by atoms with van der Waals surface area (Å²) in [4.78, 5) is 3.40. The zero-order valence-electron chi connectivity index (χ0n) is 7.77. The molecule has 0 bridgehead atoms. The van der Waals surface area contributed by atoms with Crippen LogP contribution in [0.5, 0.6) is 5.75 Å². The van der Waals surface area contributed by atoms with Crippen molar-refractivity contribution in [3.63, 3.8) is 0 Å². The maximum Gasteiger partial charge on any atom is 0.256 e. The fourth-order valence-electron chi connectivity index (χ4n) is 0.475. The first kappa shape index (κ1) is 4.48. The summed E-state index contributed by atoms with van der Waals surface area (Å²) in [6, 6.07) is 2.70. The quantitative estimate of drug-likeness (QED) is 0.565. The standard InChI is InChI=1S/C6H5FINO/c1-10-4-2-3-5(8)9-6(4)7/h2-3H,1H3/i1D3. The summed E-state index contributed by atoms with van der Waals surface area (Å²) in [5, 5.41) is 0. The molecule has 1 rings (SSSR count). The summed E-state index contributed by atoms with van der Waals surface area (Å²) >= 11 is 1.81. The number of pyridine rings is 1. The Hall–Kier alpha value is -0.390. The fourth-order valence-corrected chi connectivity index (χ4v) is 0.867. The lowest BCUT2D eigenvalue weighted by molar-refractivity contribution is 0.377. The molecule has 1 aromatic heterocycles. The van der Waals surface area contributed by atoms with Crippen LogP contribution in [0.25, 0.3) is 0 Å². The second kappa shape index (κ2) is 3.14. The number of rotatable bonds is 1. The van der Waals surface area contributed by atoms with Crippen molar-refractivity contribution >= 4 is 22.6 Å². The molecule has 54 valence electrons. The normalized spacial score (nSPS) is 15.2. The SMILES string of the molecule is [2H]C([2H])([2H])Oc1ccc(I)nc1F. The van der Waals surface area contributed by atoms with E-state index in [0.29, 0.717) is 3.70 Å². The number of nitrogens with zero attached hydrogens (tertiary/aromatic N) is 1.